The van der Waals surface area contributed by atoms with Gasteiger partial charge in [-0.25, -0.2) is 0 Å². The van der Waals surface area contributed by atoms with Crippen LogP contribution in [0.5, 0.6) is 0 Å². The molecule has 2 aromatic rings. The van der Waals surface area contributed by atoms with Crippen molar-refractivity contribution in [3.05, 3.63) is 42.5 Å². The van der Waals surface area contributed by atoms with Crippen molar-refractivity contribution in [2.45, 2.75) is 9.96 Å². The highest BCUT2D eigenvalue weighted by molar-refractivity contribution is 7.80. The molecule has 0 unspecified atom stereocenters. The third-order valence-corrected chi connectivity index (χ3v) is 4.18. The molecule has 0 bridgehead atoms. The van der Waals surface area contributed by atoms with E-state index in [1.165, 1.54) is 0 Å². The summed E-state index contributed by atoms with van der Waals surface area (Å²) in [6, 6.07) is 13.6. The number of carbonyl (C=O) groups excluding carboxylic acids is 1. The molecule has 0 fully saturated rings. The minimum absolute atomic E-state index is 0.192. The van der Waals surface area contributed by atoms with E-state index in [1.54, 1.807) is 0 Å². The fraction of sp³-hybridized carbons (Fsp3) is 0.200. The zero-order valence-corrected chi connectivity index (χ0v) is 16.0. The molecule has 0 aromatic heterocycles. The van der Waals surface area contributed by atoms with Gasteiger partial charge in [0.2, 0.25) is 9.70 Å². The molecular formula is C15H13Cl4N3OS. The fourth-order valence-corrected chi connectivity index (χ4v) is 2.66. The summed E-state index contributed by atoms with van der Waals surface area (Å²) in [5.41, 5.74) is 0.789. The van der Waals surface area contributed by atoms with Crippen LogP contribution in [0.2, 0.25) is 0 Å². The maximum Gasteiger partial charge on any atom is 0.236 e. The van der Waals surface area contributed by atoms with Crippen LogP contribution in [-0.4, -0.2) is 26.9 Å². The van der Waals surface area contributed by atoms with E-state index in [-0.39, 0.29) is 11.0 Å². The summed E-state index contributed by atoms with van der Waals surface area (Å²) in [4.78, 5) is 11.5. The Labute approximate surface area is 164 Å². The van der Waals surface area contributed by atoms with Crippen molar-refractivity contribution >= 4 is 86.1 Å². The predicted octanol–water partition coefficient (Wildman–Crippen LogP) is 4.18. The fourth-order valence-electron chi connectivity index (χ4n) is 2.02. The Hall–Kier alpha value is -0.980. The maximum absolute atomic E-state index is 11.5. The lowest BCUT2D eigenvalue weighted by Crippen LogP contribution is -2.56. The van der Waals surface area contributed by atoms with E-state index in [0.717, 1.165) is 16.5 Å². The third kappa shape index (κ3) is 5.26. The number of alkyl halides is 4. The highest BCUT2D eigenvalue weighted by atomic mass is 35.6. The van der Waals surface area contributed by atoms with E-state index >= 15 is 0 Å². The highest BCUT2D eigenvalue weighted by Gasteiger charge is 2.34. The first-order chi connectivity index (χ1) is 11.3. The van der Waals surface area contributed by atoms with Crippen LogP contribution in [0.15, 0.2) is 42.5 Å². The van der Waals surface area contributed by atoms with Crippen molar-refractivity contribution in [3.63, 3.8) is 0 Å². The number of rotatable bonds is 4. The number of thiocarbonyl (C=S) groups is 1. The second-order valence-corrected chi connectivity index (χ2v) is 7.85. The minimum atomic E-state index is -1.81. The van der Waals surface area contributed by atoms with E-state index in [9.17, 15) is 4.79 Å². The van der Waals surface area contributed by atoms with Gasteiger partial charge in [0.05, 0.1) is 0 Å². The van der Waals surface area contributed by atoms with Gasteiger partial charge in [-0.1, -0.05) is 71.2 Å². The van der Waals surface area contributed by atoms with Gasteiger partial charge in [0, 0.05) is 11.1 Å². The Bertz CT molecular complexity index is 746. The van der Waals surface area contributed by atoms with Gasteiger partial charge in [0.1, 0.15) is 12.0 Å². The summed E-state index contributed by atoms with van der Waals surface area (Å²) >= 11 is 28.3. The first kappa shape index (κ1) is 19.3. The van der Waals surface area contributed by atoms with Crippen LogP contribution in [0.4, 0.5) is 5.69 Å². The van der Waals surface area contributed by atoms with Crippen LogP contribution in [0, 0.1) is 0 Å². The van der Waals surface area contributed by atoms with Gasteiger partial charge in [-0.05, 0) is 23.7 Å². The topological polar surface area (TPSA) is 53.2 Å². The molecule has 24 heavy (non-hydrogen) atoms. The molecule has 0 spiro atoms. The molecule has 0 saturated heterocycles. The summed E-state index contributed by atoms with van der Waals surface area (Å²) in [5.74, 6) is -0.754. The van der Waals surface area contributed by atoms with Gasteiger partial charge >= 0.3 is 0 Å². The summed E-state index contributed by atoms with van der Waals surface area (Å²) in [6.07, 6.45) is -1.04. The van der Waals surface area contributed by atoms with Crippen molar-refractivity contribution in [1.29, 1.82) is 0 Å². The first-order valence-corrected chi connectivity index (χ1v) is 8.86. The van der Waals surface area contributed by atoms with Crippen LogP contribution in [0.3, 0.4) is 0 Å². The number of anilines is 1. The lowest BCUT2D eigenvalue weighted by Gasteiger charge is -2.27. The molecule has 1 atom stereocenters. The molecule has 0 radical (unpaired) electrons. The zero-order chi connectivity index (χ0) is 17.7. The van der Waals surface area contributed by atoms with Crippen LogP contribution in [0.25, 0.3) is 10.8 Å². The Morgan fingerprint density at radius 2 is 1.75 bits per heavy atom. The number of hydrogen-bond acceptors (Lipinski definition) is 2. The van der Waals surface area contributed by atoms with Gasteiger partial charge in [-0.2, -0.15) is 0 Å². The largest absolute Gasteiger partial charge is 0.339 e. The summed E-state index contributed by atoms with van der Waals surface area (Å²) < 4.78 is -1.81. The van der Waals surface area contributed by atoms with Gasteiger partial charge in [0.25, 0.3) is 0 Å². The molecule has 0 saturated carbocycles. The quantitative estimate of drug-likeness (QED) is 0.391. The number of nitrogens with one attached hydrogen (secondary N) is 3. The number of amides is 1. The third-order valence-electron chi connectivity index (χ3n) is 3.07. The molecule has 128 valence electrons. The van der Waals surface area contributed by atoms with Crippen molar-refractivity contribution in [2.75, 3.05) is 11.2 Å². The van der Waals surface area contributed by atoms with Gasteiger partial charge < -0.3 is 16.0 Å². The summed E-state index contributed by atoms with van der Waals surface area (Å²) in [5, 5.41) is 10.5. The van der Waals surface area contributed by atoms with Crippen molar-refractivity contribution in [1.82, 2.24) is 10.6 Å². The molecule has 2 rings (SSSR count). The monoisotopic (exact) mass is 423 g/mol. The average Bonchev–Trinajstić information content (AvgIpc) is 2.53. The van der Waals surface area contributed by atoms with E-state index in [1.807, 2.05) is 42.5 Å². The molecule has 0 aliphatic rings. The molecule has 4 nitrogen and oxygen atoms in total. The van der Waals surface area contributed by atoms with E-state index < -0.39 is 15.9 Å². The second kappa shape index (κ2) is 8.41. The summed E-state index contributed by atoms with van der Waals surface area (Å²) in [6.45, 7) is 0. The molecule has 1 amide bonds. The minimum Gasteiger partial charge on any atom is -0.339 e. The lowest BCUT2D eigenvalue weighted by molar-refractivity contribution is -0.119. The van der Waals surface area contributed by atoms with E-state index in [4.69, 9.17) is 58.6 Å². The van der Waals surface area contributed by atoms with Gasteiger partial charge in [-0.3, -0.25) is 4.79 Å². The normalized spacial score (nSPS) is 12.5. The Balaban J connectivity index is 2.14. The SMILES string of the molecule is O=C(CCl)N[C@@H](NC(=S)Nc1cccc2ccccc12)C(Cl)(Cl)Cl. The van der Waals surface area contributed by atoms with Gasteiger partial charge in [0.15, 0.2) is 5.11 Å². The Kier molecular flexibility index (Phi) is 6.78. The molecular weight excluding hydrogens is 412 g/mol. The molecule has 0 aliphatic heterocycles. The number of carbonyl (C=O) groups is 1. The zero-order valence-electron chi connectivity index (χ0n) is 12.2. The Morgan fingerprint density at radius 3 is 2.42 bits per heavy atom. The number of benzene rings is 2. The average molecular weight is 425 g/mol. The van der Waals surface area contributed by atoms with Gasteiger partial charge in [-0.15, -0.1) is 11.6 Å². The maximum atomic E-state index is 11.5. The first-order valence-electron chi connectivity index (χ1n) is 6.78. The van der Waals surface area contributed by atoms with Crippen molar-refractivity contribution in [2.24, 2.45) is 0 Å². The second-order valence-electron chi connectivity index (χ2n) is 4.80. The Morgan fingerprint density at radius 1 is 1.08 bits per heavy atom. The van der Waals surface area contributed by atoms with E-state index in [2.05, 4.69) is 16.0 Å². The smallest absolute Gasteiger partial charge is 0.236 e. The van der Waals surface area contributed by atoms with Crippen LogP contribution in [-0.2, 0) is 4.79 Å². The number of halogens is 4. The highest BCUT2D eigenvalue weighted by Crippen LogP contribution is 2.29. The molecule has 2 aromatic carbocycles. The van der Waals surface area contributed by atoms with Crippen LogP contribution in [0.1, 0.15) is 0 Å². The molecule has 3 N–H and O–H groups in total. The molecule has 0 heterocycles. The number of fused-ring (bicyclic) bond motifs is 1. The summed E-state index contributed by atoms with van der Waals surface area (Å²) in [7, 11) is 0. The van der Waals surface area contributed by atoms with Crippen LogP contribution >= 0.6 is 58.6 Å². The number of hydrogen-bond donors (Lipinski definition) is 3. The van der Waals surface area contributed by atoms with E-state index in [0.29, 0.717) is 0 Å². The lowest BCUT2D eigenvalue weighted by atomic mass is 10.1. The standard InChI is InChI=1S/C15H13Cl4N3OS/c16-8-12(23)21-13(15(17,18)19)22-14(24)20-11-7-3-5-9-4-1-2-6-10(9)11/h1-7,13H,8H2,(H,21,23)(H2,20,22,24)/t13-/m0/s1. The van der Waals surface area contributed by atoms with Crippen molar-refractivity contribution in [3.8, 4) is 0 Å². The molecule has 9 heteroatoms. The van der Waals surface area contributed by atoms with Crippen LogP contribution < -0.4 is 16.0 Å². The molecule has 0 aliphatic carbocycles. The van der Waals surface area contributed by atoms with Crippen molar-refractivity contribution < 1.29 is 4.79 Å². The predicted molar refractivity (Wildman–Crippen MR) is 106 cm³/mol.